The van der Waals surface area contributed by atoms with Crippen molar-refractivity contribution in [3.8, 4) is 5.75 Å². The zero-order valence-corrected chi connectivity index (χ0v) is 14.0. The molecule has 0 atom stereocenters. The highest BCUT2D eigenvalue weighted by Crippen LogP contribution is 2.27. The number of nitrogens with zero attached hydrogens (tertiary/aromatic N) is 1. The molecule has 0 aromatic heterocycles. The Labute approximate surface area is 137 Å². The second-order valence-electron chi connectivity index (χ2n) is 5.62. The van der Waals surface area contributed by atoms with E-state index in [1.807, 2.05) is 0 Å². The lowest BCUT2D eigenvalue weighted by atomic mass is 10.0. The van der Waals surface area contributed by atoms with Crippen LogP contribution in [0.1, 0.15) is 19.4 Å². The summed E-state index contributed by atoms with van der Waals surface area (Å²) in [6.45, 7) is 3.19. The molecule has 8 heteroatoms. The molecule has 130 valence electrons. The van der Waals surface area contributed by atoms with Gasteiger partial charge in [0, 0.05) is 17.8 Å². The fourth-order valence-electron chi connectivity index (χ4n) is 1.93. The Morgan fingerprint density at radius 3 is 2.22 bits per heavy atom. The van der Waals surface area contributed by atoms with Gasteiger partial charge in [-0.25, -0.2) is 0 Å². The maximum atomic E-state index is 12.2. The zero-order valence-electron chi connectivity index (χ0n) is 13.1. The van der Waals surface area contributed by atoms with Crippen molar-refractivity contribution in [2.24, 2.45) is 0 Å². The van der Waals surface area contributed by atoms with Crippen LogP contribution in [-0.4, -0.2) is 41.3 Å². The smallest absolute Gasteiger partial charge is 0.397 e. The number of rotatable bonds is 7. The summed E-state index contributed by atoms with van der Waals surface area (Å²) in [6, 6.07) is 6.78. The van der Waals surface area contributed by atoms with Crippen LogP contribution in [0.5, 0.6) is 5.75 Å². The van der Waals surface area contributed by atoms with Crippen molar-refractivity contribution in [3.63, 3.8) is 0 Å². The molecule has 1 aromatic carbocycles. The molecule has 0 saturated carbocycles. The van der Waals surface area contributed by atoms with Crippen molar-refractivity contribution in [3.05, 3.63) is 29.8 Å². The summed E-state index contributed by atoms with van der Waals surface area (Å²) in [5.74, 6) is -0.370. The number of thioether (sulfide) groups is 1. The third-order valence-corrected chi connectivity index (χ3v) is 4.61. The average Bonchev–Trinajstić information content (AvgIpc) is 2.43. The molecule has 0 heterocycles. The maximum absolute atomic E-state index is 12.2. The monoisotopic (exact) mass is 350 g/mol. The van der Waals surface area contributed by atoms with Gasteiger partial charge in [0.15, 0.2) is 0 Å². The second kappa shape index (κ2) is 7.81. The van der Waals surface area contributed by atoms with Crippen LogP contribution in [0.3, 0.4) is 0 Å². The highest BCUT2D eigenvalue weighted by molar-refractivity contribution is 7.99. The van der Waals surface area contributed by atoms with Gasteiger partial charge in [0.25, 0.3) is 0 Å². The number of hydrogen-bond acceptors (Lipinski definition) is 4. The topological polar surface area (TPSA) is 52.6 Å². The quantitative estimate of drug-likeness (QED) is 0.759. The van der Waals surface area contributed by atoms with E-state index in [-0.39, 0.29) is 12.3 Å². The molecule has 0 fully saturated rings. The molecule has 4 nitrogen and oxygen atoms in total. The Balaban J connectivity index is 2.76. The zero-order chi connectivity index (χ0) is 17.7. The molecule has 1 amide bonds. The van der Waals surface area contributed by atoms with Crippen LogP contribution in [0.4, 0.5) is 18.0 Å². The number of carbonyl (C=O) groups excluding carboxylic acids is 1. The Kier molecular flexibility index (Phi) is 6.61. The molecule has 1 rings (SSSR count). The average molecular weight is 350 g/mol. The standard InChI is InChI=1S/C15H20F3NO3S/c1-14(2,9-23-10-15(16,17)18)19(13(20)21)8-11-4-6-12(22-3)7-5-11/h4-7H,8-10H2,1-3H3,(H,20,21)/p-1. The van der Waals surface area contributed by atoms with Crippen LogP contribution in [0.15, 0.2) is 24.3 Å². The Bertz CT molecular complexity index is 518. The number of ether oxygens (including phenoxy) is 1. The summed E-state index contributed by atoms with van der Waals surface area (Å²) in [5, 5.41) is 11.4. The van der Waals surface area contributed by atoms with Gasteiger partial charge in [-0.05, 0) is 31.5 Å². The predicted molar refractivity (Wildman–Crippen MR) is 81.4 cm³/mol. The fraction of sp³-hybridized carbons (Fsp3) is 0.533. The first kappa shape index (κ1) is 19.5. The van der Waals surface area contributed by atoms with Gasteiger partial charge < -0.3 is 19.5 Å². The van der Waals surface area contributed by atoms with E-state index in [0.29, 0.717) is 23.1 Å². The van der Waals surface area contributed by atoms with Crippen LogP contribution in [0, 0.1) is 0 Å². The van der Waals surface area contributed by atoms with Crippen molar-refractivity contribution in [1.29, 1.82) is 0 Å². The van der Waals surface area contributed by atoms with Gasteiger partial charge in [-0.2, -0.15) is 24.9 Å². The van der Waals surface area contributed by atoms with Crippen LogP contribution in [0.2, 0.25) is 0 Å². The SMILES string of the molecule is COc1ccc(CN(C(=O)[O-])C(C)(C)CSCC(F)(F)F)cc1. The van der Waals surface area contributed by atoms with Crippen LogP contribution in [-0.2, 0) is 6.54 Å². The Morgan fingerprint density at radius 2 is 1.78 bits per heavy atom. The van der Waals surface area contributed by atoms with Crippen molar-refractivity contribution in [2.75, 3.05) is 18.6 Å². The van der Waals surface area contributed by atoms with Gasteiger partial charge in [0.05, 0.1) is 12.9 Å². The molecule has 1 aromatic rings. The summed E-state index contributed by atoms with van der Waals surface area (Å²) >= 11 is 0.652. The van der Waals surface area contributed by atoms with E-state index in [1.54, 1.807) is 38.1 Å². The summed E-state index contributed by atoms with van der Waals surface area (Å²) in [4.78, 5) is 12.4. The molecule has 0 aliphatic heterocycles. The minimum Gasteiger partial charge on any atom is -0.530 e. The molecular weight excluding hydrogens is 331 g/mol. The third-order valence-electron chi connectivity index (χ3n) is 3.17. The minimum atomic E-state index is -4.27. The lowest BCUT2D eigenvalue weighted by Crippen LogP contribution is -2.54. The van der Waals surface area contributed by atoms with E-state index in [2.05, 4.69) is 0 Å². The predicted octanol–water partition coefficient (Wildman–Crippen LogP) is 2.91. The number of hydrogen-bond donors (Lipinski definition) is 0. The molecular formula is C15H19F3NO3S-. The molecule has 23 heavy (non-hydrogen) atoms. The van der Waals surface area contributed by atoms with E-state index in [9.17, 15) is 23.1 Å². The molecule has 0 bridgehead atoms. The van der Waals surface area contributed by atoms with Crippen LogP contribution < -0.4 is 9.84 Å². The highest BCUT2D eigenvalue weighted by atomic mass is 32.2. The number of benzene rings is 1. The van der Waals surface area contributed by atoms with Gasteiger partial charge in [0.1, 0.15) is 11.8 Å². The van der Waals surface area contributed by atoms with Gasteiger partial charge in [-0.1, -0.05) is 12.1 Å². The van der Waals surface area contributed by atoms with Gasteiger partial charge >= 0.3 is 6.18 Å². The number of amides is 1. The van der Waals surface area contributed by atoms with Crippen molar-refractivity contribution < 1.29 is 27.8 Å². The normalized spacial score (nSPS) is 12.1. The van der Waals surface area contributed by atoms with E-state index in [4.69, 9.17) is 4.74 Å². The van der Waals surface area contributed by atoms with Gasteiger partial charge in [0.2, 0.25) is 0 Å². The Hall–Kier alpha value is -1.57. The second-order valence-corrected chi connectivity index (χ2v) is 6.61. The lowest BCUT2D eigenvalue weighted by Gasteiger charge is -2.40. The highest BCUT2D eigenvalue weighted by Gasteiger charge is 2.31. The van der Waals surface area contributed by atoms with E-state index < -0.39 is 23.6 Å². The molecule has 0 spiro atoms. The third kappa shape index (κ3) is 6.60. The van der Waals surface area contributed by atoms with Crippen molar-refractivity contribution in [1.82, 2.24) is 4.90 Å². The largest absolute Gasteiger partial charge is 0.530 e. The first-order chi connectivity index (χ1) is 10.5. The number of halogens is 3. The molecule has 0 unspecified atom stereocenters. The van der Waals surface area contributed by atoms with Gasteiger partial charge in [-0.3, -0.25) is 0 Å². The number of carbonyl (C=O) groups is 1. The van der Waals surface area contributed by atoms with Crippen molar-refractivity contribution in [2.45, 2.75) is 32.1 Å². The van der Waals surface area contributed by atoms with E-state index in [0.717, 1.165) is 4.90 Å². The summed E-state index contributed by atoms with van der Waals surface area (Å²) in [6.07, 6.45) is -5.69. The summed E-state index contributed by atoms with van der Waals surface area (Å²) in [5.41, 5.74) is -0.293. The first-order valence-electron chi connectivity index (χ1n) is 6.81. The minimum absolute atomic E-state index is 0.0106. The first-order valence-corrected chi connectivity index (χ1v) is 7.97. The molecule has 0 N–H and O–H groups in total. The Morgan fingerprint density at radius 1 is 1.22 bits per heavy atom. The molecule has 0 aliphatic rings. The fourth-order valence-corrected chi connectivity index (χ4v) is 2.92. The van der Waals surface area contributed by atoms with Crippen LogP contribution in [0.25, 0.3) is 0 Å². The number of alkyl halides is 3. The molecule has 0 aliphatic carbocycles. The van der Waals surface area contributed by atoms with Crippen LogP contribution >= 0.6 is 11.8 Å². The summed E-state index contributed by atoms with van der Waals surface area (Å²) < 4.78 is 41.7. The summed E-state index contributed by atoms with van der Waals surface area (Å²) in [7, 11) is 1.52. The van der Waals surface area contributed by atoms with Crippen molar-refractivity contribution >= 4 is 17.9 Å². The van der Waals surface area contributed by atoms with Gasteiger partial charge in [-0.15, -0.1) is 0 Å². The number of carboxylic acid groups (broad SMARTS) is 1. The molecule has 0 radical (unpaired) electrons. The maximum Gasteiger partial charge on any atom is 0.397 e. The molecule has 0 saturated heterocycles. The van der Waals surface area contributed by atoms with E-state index in [1.165, 1.54) is 7.11 Å². The van der Waals surface area contributed by atoms with E-state index >= 15 is 0 Å². The number of methoxy groups -OCH3 is 1. The lowest BCUT2D eigenvalue weighted by molar-refractivity contribution is -0.271.